The van der Waals surface area contributed by atoms with Gasteiger partial charge in [-0.1, -0.05) is 54.1 Å². The minimum absolute atomic E-state index is 0.0529. The second-order valence-electron chi connectivity index (χ2n) is 7.43. The highest BCUT2D eigenvalue weighted by atomic mass is 32.1. The molecule has 0 saturated heterocycles. The van der Waals surface area contributed by atoms with Gasteiger partial charge >= 0.3 is 0 Å². The number of hydrazone groups is 1. The zero-order valence-electron chi connectivity index (χ0n) is 17.8. The number of carbonyl (C=O) groups is 1. The van der Waals surface area contributed by atoms with Crippen LogP contribution in [-0.4, -0.2) is 51.7 Å². The van der Waals surface area contributed by atoms with Crippen LogP contribution >= 0.6 is 11.3 Å². The van der Waals surface area contributed by atoms with Crippen molar-refractivity contribution in [1.29, 1.82) is 0 Å². The molecule has 1 N–H and O–H groups in total. The van der Waals surface area contributed by atoms with Gasteiger partial charge in [0, 0.05) is 40.5 Å². The molecular weight excluding hydrogens is 428 g/mol. The number of thiazole rings is 1. The molecule has 0 bridgehead atoms. The number of hydrogen-bond acceptors (Lipinski definition) is 8. The molecule has 9 heteroatoms. The van der Waals surface area contributed by atoms with Crippen LogP contribution in [0.3, 0.4) is 0 Å². The van der Waals surface area contributed by atoms with E-state index in [1.165, 1.54) is 16.9 Å². The van der Waals surface area contributed by atoms with Crippen molar-refractivity contribution in [2.45, 2.75) is 26.0 Å². The molecule has 32 heavy (non-hydrogen) atoms. The minimum Gasteiger partial charge on any atom is -0.386 e. The van der Waals surface area contributed by atoms with E-state index < -0.39 is 17.6 Å². The summed E-state index contributed by atoms with van der Waals surface area (Å²) in [6, 6.07) is 15.0. The van der Waals surface area contributed by atoms with E-state index in [9.17, 15) is 20.0 Å². The van der Waals surface area contributed by atoms with E-state index in [0.717, 1.165) is 16.3 Å². The maximum Gasteiger partial charge on any atom is 0.229 e. The molecule has 166 valence electrons. The molecule has 0 fully saturated rings. The maximum absolute atomic E-state index is 11.5. The van der Waals surface area contributed by atoms with Crippen LogP contribution in [0.25, 0.3) is 11.3 Å². The first-order valence-corrected chi connectivity index (χ1v) is 10.9. The smallest absolute Gasteiger partial charge is 0.229 e. The molecule has 0 radical (unpaired) electrons. The number of benzene rings is 2. The van der Waals surface area contributed by atoms with Crippen molar-refractivity contribution in [1.82, 2.24) is 9.99 Å². The van der Waals surface area contributed by atoms with Crippen LogP contribution in [0.1, 0.15) is 32.9 Å². The van der Waals surface area contributed by atoms with E-state index in [1.54, 1.807) is 36.3 Å². The van der Waals surface area contributed by atoms with Gasteiger partial charge in [-0.25, -0.2) is 4.98 Å². The van der Waals surface area contributed by atoms with Gasteiger partial charge in [0.05, 0.1) is 18.0 Å². The summed E-state index contributed by atoms with van der Waals surface area (Å²) in [4.78, 5) is 26.4. The van der Waals surface area contributed by atoms with Crippen LogP contribution < -0.4 is 0 Å². The summed E-state index contributed by atoms with van der Waals surface area (Å²) in [5, 5.41) is 30.0. The molecule has 1 heterocycles. The molecule has 0 spiro atoms. The van der Waals surface area contributed by atoms with Gasteiger partial charge in [0.25, 0.3) is 0 Å². The third-order valence-electron chi connectivity index (χ3n) is 4.74. The number of rotatable bonds is 10. The van der Waals surface area contributed by atoms with Crippen LogP contribution in [0.15, 0.2) is 59.0 Å². The Hall–Kier alpha value is -3.43. The summed E-state index contributed by atoms with van der Waals surface area (Å²) in [5.74, 6) is 0. The molecule has 1 unspecified atom stereocenters. The number of aromatic nitrogens is 1. The monoisotopic (exact) mass is 452 g/mol. The third-order valence-corrected chi connectivity index (χ3v) is 5.58. The molecule has 0 aliphatic rings. The van der Waals surface area contributed by atoms with Crippen molar-refractivity contribution >= 4 is 23.3 Å². The number of aliphatic hydroxyl groups is 1. The summed E-state index contributed by atoms with van der Waals surface area (Å²) >= 11 is 1.51. The summed E-state index contributed by atoms with van der Waals surface area (Å²) in [6.07, 6.45) is -0.563. The van der Waals surface area contributed by atoms with Crippen molar-refractivity contribution in [2.24, 2.45) is 5.10 Å². The van der Waals surface area contributed by atoms with Crippen molar-refractivity contribution in [3.05, 3.63) is 85.7 Å². The lowest BCUT2D eigenvalue weighted by atomic mass is 9.99. The van der Waals surface area contributed by atoms with Crippen molar-refractivity contribution in [2.75, 3.05) is 13.6 Å². The van der Waals surface area contributed by atoms with E-state index in [4.69, 9.17) is 0 Å². The summed E-state index contributed by atoms with van der Waals surface area (Å²) in [5.41, 5.74) is 4.45. The fraction of sp³-hybridized carbons (Fsp3) is 0.261. The number of hydrogen-bond donors (Lipinski definition) is 1. The summed E-state index contributed by atoms with van der Waals surface area (Å²) in [6.45, 7) is 1.85. The van der Waals surface area contributed by atoms with E-state index in [-0.39, 0.29) is 6.42 Å². The van der Waals surface area contributed by atoms with Crippen molar-refractivity contribution in [3.63, 3.8) is 0 Å². The highest BCUT2D eigenvalue weighted by Gasteiger charge is 2.19. The predicted octanol–water partition coefficient (Wildman–Crippen LogP) is 3.79. The first kappa shape index (κ1) is 23.2. The standard InChI is InChI=1S/C23H24N4O4S/c1-16-7-9-17(10-8-16)22-15-32-23(24-22)13-26(2)25-21(11-19(29)12-27(30)31)20-6-4-3-5-18(20)14-28/h3-10,14-15,19,29H,11-13H2,1-2H3/b25-21-. The maximum atomic E-state index is 11.5. The fourth-order valence-corrected chi connectivity index (χ4v) is 4.05. The molecular formula is C23H24N4O4S. The first-order valence-electron chi connectivity index (χ1n) is 10.00. The Morgan fingerprint density at radius 2 is 2.00 bits per heavy atom. The Morgan fingerprint density at radius 3 is 2.69 bits per heavy atom. The second kappa shape index (κ2) is 10.7. The lowest BCUT2D eigenvalue weighted by Crippen LogP contribution is -2.25. The highest BCUT2D eigenvalue weighted by molar-refractivity contribution is 7.09. The van der Waals surface area contributed by atoms with Crippen molar-refractivity contribution in [3.8, 4) is 11.3 Å². The Balaban J connectivity index is 1.82. The summed E-state index contributed by atoms with van der Waals surface area (Å²) in [7, 11) is 1.76. The van der Waals surface area contributed by atoms with Gasteiger partial charge in [-0.3, -0.25) is 19.9 Å². The molecule has 0 aliphatic heterocycles. The molecule has 3 aromatic rings. The minimum atomic E-state index is -1.22. The molecule has 0 aliphatic carbocycles. The number of aldehydes is 1. The van der Waals surface area contributed by atoms with E-state index in [1.807, 2.05) is 36.6 Å². The highest BCUT2D eigenvalue weighted by Crippen LogP contribution is 2.23. The SMILES string of the molecule is Cc1ccc(-c2csc(CN(C)/N=C(/CC(O)C[N+](=O)[O-])c3ccccc3C=O)n2)cc1. The van der Waals surface area contributed by atoms with E-state index in [0.29, 0.717) is 29.7 Å². The van der Waals surface area contributed by atoms with Crippen LogP contribution in [-0.2, 0) is 6.54 Å². The average molecular weight is 453 g/mol. The van der Waals surface area contributed by atoms with Gasteiger partial charge in [0.2, 0.25) is 6.54 Å². The van der Waals surface area contributed by atoms with Crippen LogP contribution in [0.4, 0.5) is 0 Å². The van der Waals surface area contributed by atoms with Gasteiger partial charge in [-0.2, -0.15) is 5.10 Å². The van der Waals surface area contributed by atoms with Gasteiger partial charge in [-0.05, 0) is 6.92 Å². The van der Waals surface area contributed by atoms with Crippen molar-refractivity contribution < 1.29 is 14.8 Å². The largest absolute Gasteiger partial charge is 0.386 e. The lowest BCUT2D eigenvalue weighted by molar-refractivity contribution is -0.489. The Morgan fingerprint density at radius 1 is 1.28 bits per heavy atom. The number of nitro groups is 1. The van der Waals surface area contributed by atoms with Crippen LogP contribution in [0.2, 0.25) is 0 Å². The van der Waals surface area contributed by atoms with Gasteiger partial charge < -0.3 is 5.11 Å². The Labute approximate surface area is 190 Å². The van der Waals surface area contributed by atoms with E-state index >= 15 is 0 Å². The zero-order chi connectivity index (χ0) is 23.1. The number of carbonyl (C=O) groups excluding carboxylic acids is 1. The van der Waals surface area contributed by atoms with Gasteiger partial charge in [0.1, 0.15) is 11.1 Å². The Kier molecular flexibility index (Phi) is 7.80. The number of aryl methyl sites for hydroxylation is 1. The lowest BCUT2D eigenvalue weighted by Gasteiger charge is -2.17. The fourth-order valence-electron chi connectivity index (χ4n) is 3.20. The van der Waals surface area contributed by atoms with Crippen LogP contribution in [0, 0.1) is 17.0 Å². The predicted molar refractivity (Wildman–Crippen MR) is 125 cm³/mol. The average Bonchev–Trinajstić information content (AvgIpc) is 3.21. The number of aliphatic hydroxyl groups excluding tert-OH is 1. The number of nitrogens with zero attached hydrogens (tertiary/aromatic N) is 4. The molecule has 1 atom stereocenters. The first-order chi connectivity index (χ1) is 15.4. The Bertz CT molecular complexity index is 1110. The molecule has 0 saturated carbocycles. The molecule has 8 nitrogen and oxygen atoms in total. The van der Waals surface area contributed by atoms with Crippen LogP contribution in [0.5, 0.6) is 0 Å². The molecule has 3 rings (SSSR count). The molecule has 0 amide bonds. The molecule has 2 aromatic carbocycles. The van der Waals surface area contributed by atoms with Gasteiger partial charge in [0.15, 0.2) is 6.29 Å². The zero-order valence-corrected chi connectivity index (χ0v) is 18.7. The normalized spacial score (nSPS) is 12.4. The summed E-state index contributed by atoms with van der Waals surface area (Å²) < 4.78 is 0. The van der Waals surface area contributed by atoms with E-state index in [2.05, 4.69) is 10.1 Å². The quantitative estimate of drug-likeness (QED) is 0.217. The third kappa shape index (κ3) is 6.29. The molecule has 1 aromatic heterocycles. The van der Waals surface area contributed by atoms with Gasteiger partial charge in [-0.15, -0.1) is 11.3 Å². The topological polar surface area (TPSA) is 109 Å². The second-order valence-corrected chi connectivity index (χ2v) is 8.38.